The van der Waals surface area contributed by atoms with Gasteiger partial charge in [0.15, 0.2) is 5.69 Å². The van der Waals surface area contributed by atoms with Gasteiger partial charge < -0.3 is 9.52 Å². The number of carbonyl (C=O) groups is 1. The van der Waals surface area contributed by atoms with E-state index in [1.807, 2.05) is 0 Å². The van der Waals surface area contributed by atoms with Crippen molar-refractivity contribution in [1.82, 2.24) is 15.2 Å². The number of aromatic nitrogens is 3. The summed E-state index contributed by atoms with van der Waals surface area (Å²) in [7, 11) is 0. The van der Waals surface area contributed by atoms with Gasteiger partial charge in [0.05, 0.1) is 17.8 Å². The smallest absolute Gasteiger partial charge is 0.357 e. The predicted molar refractivity (Wildman–Crippen MR) is 73.7 cm³/mol. The summed E-state index contributed by atoms with van der Waals surface area (Å²) in [5.41, 5.74) is 1.16. The van der Waals surface area contributed by atoms with Crippen LogP contribution in [0.1, 0.15) is 22.1 Å². The molecule has 0 atom stereocenters. The monoisotopic (exact) mass is 299 g/mol. The Balaban J connectivity index is 1.79. The quantitative estimate of drug-likeness (QED) is 0.796. The van der Waals surface area contributed by atoms with E-state index in [2.05, 4.69) is 15.2 Å². The normalized spacial score (nSPS) is 10.6. The summed E-state index contributed by atoms with van der Waals surface area (Å²) in [5, 5.41) is 16.7. The van der Waals surface area contributed by atoms with Crippen molar-refractivity contribution in [2.24, 2.45) is 0 Å². The zero-order valence-electron chi connectivity index (χ0n) is 11.2. The molecule has 2 heterocycles. The van der Waals surface area contributed by atoms with Gasteiger partial charge in [-0.1, -0.05) is 12.1 Å². The molecule has 0 unspecified atom stereocenters. The molecule has 1 aromatic carbocycles. The van der Waals surface area contributed by atoms with Gasteiger partial charge in [0.1, 0.15) is 12.1 Å². The molecule has 0 saturated heterocycles. The lowest BCUT2D eigenvalue weighted by molar-refractivity contribution is 0.0690. The molecule has 0 aliphatic heterocycles. The SMILES string of the molecule is O=C(O)c1coc(Cc2ccc(-c3ccccc3F)nn2)n1. The van der Waals surface area contributed by atoms with Gasteiger partial charge in [-0.25, -0.2) is 14.2 Å². The highest BCUT2D eigenvalue weighted by atomic mass is 19.1. The molecule has 0 amide bonds. The Kier molecular flexibility index (Phi) is 3.61. The number of halogens is 1. The first-order valence-electron chi connectivity index (χ1n) is 6.38. The first-order chi connectivity index (χ1) is 10.6. The van der Waals surface area contributed by atoms with Crippen LogP contribution in [0.25, 0.3) is 11.3 Å². The van der Waals surface area contributed by atoms with Crippen LogP contribution >= 0.6 is 0 Å². The topological polar surface area (TPSA) is 89.1 Å². The second-order valence-corrected chi connectivity index (χ2v) is 4.50. The van der Waals surface area contributed by atoms with Gasteiger partial charge in [-0.15, -0.1) is 0 Å². The Labute approximate surface area is 124 Å². The molecule has 1 N–H and O–H groups in total. The van der Waals surface area contributed by atoms with Crippen molar-refractivity contribution in [3.8, 4) is 11.3 Å². The van der Waals surface area contributed by atoms with Crippen LogP contribution in [0.15, 0.2) is 47.1 Å². The third kappa shape index (κ3) is 2.83. The van der Waals surface area contributed by atoms with Gasteiger partial charge in [0.2, 0.25) is 5.89 Å². The molecule has 7 heteroatoms. The van der Waals surface area contributed by atoms with Crippen molar-refractivity contribution >= 4 is 5.97 Å². The highest BCUT2D eigenvalue weighted by molar-refractivity contribution is 5.84. The average molecular weight is 299 g/mol. The van der Waals surface area contributed by atoms with Crippen molar-refractivity contribution in [2.75, 3.05) is 0 Å². The lowest BCUT2D eigenvalue weighted by Gasteiger charge is -2.02. The highest BCUT2D eigenvalue weighted by Crippen LogP contribution is 2.20. The maximum Gasteiger partial charge on any atom is 0.357 e. The highest BCUT2D eigenvalue weighted by Gasteiger charge is 2.12. The molecule has 0 bridgehead atoms. The third-order valence-corrected chi connectivity index (χ3v) is 2.97. The van der Waals surface area contributed by atoms with Crippen molar-refractivity contribution in [2.45, 2.75) is 6.42 Å². The fraction of sp³-hybridized carbons (Fsp3) is 0.0667. The molecule has 0 aliphatic rings. The molecule has 2 aromatic heterocycles. The van der Waals surface area contributed by atoms with E-state index >= 15 is 0 Å². The molecule has 0 fully saturated rings. The summed E-state index contributed by atoms with van der Waals surface area (Å²) in [4.78, 5) is 14.5. The number of aromatic carboxylic acids is 1. The van der Waals surface area contributed by atoms with E-state index < -0.39 is 5.97 Å². The second-order valence-electron chi connectivity index (χ2n) is 4.50. The summed E-state index contributed by atoms with van der Waals surface area (Å²) in [5.74, 6) is -1.30. The standard InChI is InChI=1S/C15H10FN3O3/c16-11-4-2-1-3-10(11)12-6-5-9(18-19-12)7-14-17-13(8-22-14)15(20)21/h1-6,8H,7H2,(H,20,21). The second kappa shape index (κ2) is 5.72. The maximum atomic E-state index is 13.7. The fourth-order valence-electron chi connectivity index (χ4n) is 1.91. The molecule has 0 aliphatic carbocycles. The Bertz CT molecular complexity index is 815. The van der Waals surface area contributed by atoms with E-state index in [1.54, 1.807) is 30.3 Å². The van der Waals surface area contributed by atoms with Crippen LogP contribution in [-0.2, 0) is 6.42 Å². The molecular weight excluding hydrogens is 289 g/mol. The number of hydrogen-bond donors (Lipinski definition) is 1. The molecule has 110 valence electrons. The maximum absolute atomic E-state index is 13.7. The minimum atomic E-state index is -1.16. The minimum absolute atomic E-state index is 0.161. The van der Waals surface area contributed by atoms with Crippen LogP contribution < -0.4 is 0 Å². The van der Waals surface area contributed by atoms with Gasteiger partial charge in [-0.2, -0.15) is 10.2 Å². The molecule has 6 nitrogen and oxygen atoms in total. The predicted octanol–water partition coefficient (Wildman–Crippen LogP) is 2.56. The Morgan fingerprint density at radius 2 is 2.00 bits per heavy atom. The van der Waals surface area contributed by atoms with Crippen LogP contribution in [0.4, 0.5) is 4.39 Å². The van der Waals surface area contributed by atoms with Gasteiger partial charge in [-0.3, -0.25) is 0 Å². The zero-order chi connectivity index (χ0) is 15.5. The van der Waals surface area contributed by atoms with Gasteiger partial charge in [0, 0.05) is 5.56 Å². The summed E-state index contributed by atoms with van der Waals surface area (Å²) in [6.45, 7) is 0. The summed E-state index contributed by atoms with van der Waals surface area (Å²) >= 11 is 0. The van der Waals surface area contributed by atoms with Crippen molar-refractivity contribution < 1.29 is 18.7 Å². The number of oxazole rings is 1. The van der Waals surface area contributed by atoms with Crippen LogP contribution in [0.3, 0.4) is 0 Å². The van der Waals surface area contributed by atoms with E-state index in [0.29, 0.717) is 17.0 Å². The molecule has 22 heavy (non-hydrogen) atoms. The van der Waals surface area contributed by atoms with Gasteiger partial charge >= 0.3 is 5.97 Å². The number of benzene rings is 1. The van der Waals surface area contributed by atoms with E-state index in [1.165, 1.54) is 6.07 Å². The minimum Gasteiger partial charge on any atom is -0.476 e. The Morgan fingerprint density at radius 1 is 1.18 bits per heavy atom. The van der Waals surface area contributed by atoms with Crippen molar-refractivity contribution in [1.29, 1.82) is 0 Å². The number of carboxylic acid groups (broad SMARTS) is 1. The molecule has 0 spiro atoms. The zero-order valence-corrected chi connectivity index (χ0v) is 11.2. The summed E-state index contributed by atoms with van der Waals surface area (Å²) < 4.78 is 18.7. The Morgan fingerprint density at radius 3 is 2.64 bits per heavy atom. The lowest BCUT2D eigenvalue weighted by Crippen LogP contribution is -1.99. The number of rotatable bonds is 4. The first kappa shape index (κ1) is 13.9. The third-order valence-electron chi connectivity index (χ3n) is 2.97. The van der Waals surface area contributed by atoms with Gasteiger partial charge in [0.25, 0.3) is 0 Å². The Hall–Kier alpha value is -3.09. The largest absolute Gasteiger partial charge is 0.476 e. The fourth-order valence-corrected chi connectivity index (χ4v) is 1.91. The van der Waals surface area contributed by atoms with Gasteiger partial charge in [-0.05, 0) is 24.3 Å². The van der Waals surface area contributed by atoms with E-state index in [9.17, 15) is 9.18 Å². The average Bonchev–Trinajstić information content (AvgIpc) is 2.98. The molecule has 3 aromatic rings. The molecular formula is C15H10FN3O3. The van der Waals surface area contributed by atoms with Crippen LogP contribution in [-0.4, -0.2) is 26.3 Å². The summed E-state index contributed by atoms with van der Waals surface area (Å²) in [6.07, 6.45) is 1.27. The van der Waals surface area contributed by atoms with E-state index in [0.717, 1.165) is 6.26 Å². The number of carboxylic acids is 1. The van der Waals surface area contributed by atoms with Crippen LogP contribution in [0.5, 0.6) is 0 Å². The molecule has 3 rings (SSSR count). The number of nitrogens with zero attached hydrogens (tertiary/aromatic N) is 3. The first-order valence-corrected chi connectivity index (χ1v) is 6.38. The molecule has 0 saturated carbocycles. The summed E-state index contributed by atoms with van der Waals surface area (Å²) in [6, 6.07) is 9.59. The van der Waals surface area contributed by atoms with Crippen LogP contribution in [0.2, 0.25) is 0 Å². The van der Waals surface area contributed by atoms with Crippen LogP contribution in [0, 0.1) is 5.82 Å². The van der Waals surface area contributed by atoms with E-state index in [-0.39, 0.29) is 23.8 Å². The lowest BCUT2D eigenvalue weighted by atomic mass is 10.1. The number of hydrogen-bond acceptors (Lipinski definition) is 5. The molecule has 0 radical (unpaired) electrons. The van der Waals surface area contributed by atoms with Crippen molar-refractivity contribution in [3.63, 3.8) is 0 Å². The van der Waals surface area contributed by atoms with Crippen molar-refractivity contribution in [3.05, 3.63) is 65.8 Å². The van der Waals surface area contributed by atoms with E-state index in [4.69, 9.17) is 9.52 Å².